The van der Waals surface area contributed by atoms with Gasteiger partial charge in [0.25, 0.3) is 0 Å². The molecule has 0 spiro atoms. The molecule has 2 fully saturated rings. The van der Waals surface area contributed by atoms with E-state index in [4.69, 9.17) is 9.47 Å². The first-order valence-corrected chi connectivity index (χ1v) is 7.87. The maximum absolute atomic E-state index is 5.40. The second-order valence-electron chi connectivity index (χ2n) is 6.12. The number of piperazine rings is 1. The van der Waals surface area contributed by atoms with Crippen LogP contribution in [0.1, 0.15) is 24.3 Å². The first-order valence-electron chi connectivity index (χ1n) is 7.87. The number of methoxy groups -OCH3 is 2. The smallest absolute Gasteiger partial charge is 0.160 e. The molecule has 1 heterocycles. The summed E-state index contributed by atoms with van der Waals surface area (Å²) in [6.07, 6.45) is 2.59. The number of nitrogens with zero attached hydrogens (tertiary/aromatic N) is 2. The van der Waals surface area contributed by atoms with Crippen molar-refractivity contribution in [3.63, 3.8) is 0 Å². The highest BCUT2D eigenvalue weighted by Gasteiger charge is 2.32. The first kappa shape index (κ1) is 14.7. The largest absolute Gasteiger partial charge is 0.493 e. The molecule has 1 aliphatic heterocycles. The van der Waals surface area contributed by atoms with Crippen molar-refractivity contribution in [3.8, 4) is 11.5 Å². The number of hydrogen-bond donors (Lipinski definition) is 0. The summed E-state index contributed by atoms with van der Waals surface area (Å²) in [5.41, 5.74) is 1.39. The van der Waals surface area contributed by atoms with Gasteiger partial charge in [0.2, 0.25) is 0 Å². The molecule has 4 heteroatoms. The summed E-state index contributed by atoms with van der Waals surface area (Å²) in [5, 5.41) is 4.41. The maximum Gasteiger partial charge on any atom is 0.160 e. The molecule has 0 aromatic heterocycles. The Labute approximate surface area is 127 Å². The quantitative estimate of drug-likeness (QED) is 0.833. The Morgan fingerprint density at radius 1 is 1.10 bits per heavy atom. The molecule has 0 unspecified atom stereocenters. The third-order valence-corrected chi connectivity index (χ3v) is 4.78. The summed E-state index contributed by atoms with van der Waals surface area (Å²) in [6, 6.07) is 6.34. The molecule has 1 aromatic carbocycles. The van der Waals surface area contributed by atoms with Crippen molar-refractivity contribution in [1.82, 2.24) is 10.2 Å². The highest BCUT2D eigenvalue weighted by molar-refractivity contribution is 5.44. The number of rotatable bonds is 5. The number of hydrogen-bond acceptors (Lipinski definition) is 3. The molecular formula is C17H25N2O2. The van der Waals surface area contributed by atoms with Crippen LogP contribution >= 0.6 is 0 Å². The van der Waals surface area contributed by atoms with Gasteiger partial charge in [-0.3, -0.25) is 0 Å². The van der Waals surface area contributed by atoms with Crippen LogP contribution in [-0.4, -0.2) is 51.8 Å². The SMILES string of the molecule is COc1ccc(C2CC(CN3CC[N]CC3)C2)cc1OC. The fourth-order valence-corrected chi connectivity index (χ4v) is 3.46. The summed E-state index contributed by atoms with van der Waals surface area (Å²) in [4.78, 5) is 2.57. The van der Waals surface area contributed by atoms with Gasteiger partial charge in [0.05, 0.1) is 14.2 Å². The van der Waals surface area contributed by atoms with E-state index in [1.165, 1.54) is 24.9 Å². The van der Waals surface area contributed by atoms with Crippen LogP contribution in [0.4, 0.5) is 0 Å². The molecule has 0 atom stereocenters. The molecule has 3 rings (SSSR count). The third kappa shape index (κ3) is 3.33. The average Bonchev–Trinajstić information content (AvgIpc) is 2.51. The molecule has 115 valence electrons. The normalized spacial score (nSPS) is 26.2. The molecular weight excluding hydrogens is 264 g/mol. The minimum atomic E-state index is 0.685. The summed E-state index contributed by atoms with van der Waals surface area (Å²) in [7, 11) is 3.38. The highest BCUT2D eigenvalue weighted by Crippen LogP contribution is 2.44. The van der Waals surface area contributed by atoms with Gasteiger partial charge in [-0.15, -0.1) is 0 Å². The summed E-state index contributed by atoms with van der Waals surface area (Å²) in [5.74, 6) is 3.19. The summed E-state index contributed by atoms with van der Waals surface area (Å²) in [6.45, 7) is 5.59. The Bertz CT molecular complexity index is 466. The van der Waals surface area contributed by atoms with Gasteiger partial charge < -0.3 is 14.4 Å². The van der Waals surface area contributed by atoms with Gasteiger partial charge in [-0.2, -0.15) is 0 Å². The zero-order chi connectivity index (χ0) is 14.7. The predicted molar refractivity (Wildman–Crippen MR) is 83.3 cm³/mol. The van der Waals surface area contributed by atoms with Crippen LogP contribution in [0.2, 0.25) is 0 Å². The van der Waals surface area contributed by atoms with E-state index in [9.17, 15) is 0 Å². The van der Waals surface area contributed by atoms with Crippen LogP contribution < -0.4 is 14.8 Å². The van der Waals surface area contributed by atoms with Crippen molar-refractivity contribution in [2.45, 2.75) is 18.8 Å². The van der Waals surface area contributed by atoms with Crippen LogP contribution in [0, 0.1) is 5.92 Å². The van der Waals surface area contributed by atoms with Crippen molar-refractivity contribution in [2.24, 2.45) is 5.92 Å². The molecule has 1 aliphatic carbocycles. The predicted octanol–water partition coefficient (Wildman–Crippen LogP) is 2.12. The number of benzene rings is 1. The van der Waals surface area contributed by atoms with Crippen LogP contribution in [0.25, 0.3) is 0 Å². The molecule has 2 aliphatic rings. The van der Waals surface area contributed by atoms with Crippen LogP contribution in [0.15, 0.2) is 18.2 Å². The summed E-state index contributed by atoms with van der Waals surface area (Å²) < 4.78 is 10.7. The van der Waals surface area contributed by atoms with E-state index >= 15 is 0 Å². The molecule has 1 aromatic rings. The van der Waals surface area contributed by atoms with Crippen LogP contribution in [0.3, 0.4) is 0 Å². The first-order chi connectivity index (χ1) is 10.3. The van der Waals surface area contributed by atoms with Crippen molar-refractivity contribution in [3.05, 3.63) is 23.8 Å². The second-order valence-corrected chi connectivity index (χ2v) is 6.12. The lowest BCUT2D eigenvalue weighted by Crippen LogP contribution is -2.44. The summed E-state index contributed by atoms with van der Waals surface area (Å²) >= 11 is 0. The van der Waals surface area contributed by atoms with Gasteiger partial charge in [0, 0.05) is 32.7 Å². The zero-order valence-electron chi connectivity index (χ0n) is 13.0. The fraction of sp³-hybridized carbons (Fsp3) is 0.647. The monoisotopic (exact) mass is 289 g/mol. The van der Waals surface area contributed by atoms with Crippen molar-refractivity contribution < 1.29 is 9.47 Å². The molecule has 1 saturated carbocycles. The Kier molecular flexibility index (Phi) is 4.66. The van der Waals surface area contributed by atoms with E-state index < -0.39 is 0 Å². The molecule has 1 radical (unpaired) electrons. The minimum Gasteiger partial charge on any atom is -0.493 e. The minimum absolute atomic E-state index is 0.685. The van der Waals surface area contributed by atoms with Crippen molar-refractivity contribution >= 4 is 0 Å². The molecule has 0 amide bonds. The standard InChI is InChI=1S/C17H25N2O2/c1-20-16-4-3-14(11-17(16)21-2)15-9-13(10-15)12-19-7-5-18-6-8-19/h3-4,11,13,15H,5-10,12H2,1-2H3. The Hall–Kier alpha value is -1.26. The third-order valence-electron chi connectivity index (χ3n) is 4.78. The van der Waals surface area contributed by atoms with Gasteiger partial charge in [-0.1, -0.05) is 6.07 Å². The lowest BCUT2D eigenvalue weighted by Gasteiger charge is -2.40. The van der Waals surface area contributed by atoms with E-state index in [1.807, 2.05) is 6.07 Å². The Morgan fingerprint density at radius 3 is 2.48 bits per heavy atom. The Morgan fingerprint density at radius 2 is 1.81 bits per heavy atom. The van der Waals surface area contributed by atoms with Gasteiger partial charge in [0.15, 0.2) is 11.5 Å². The highest BCUT2D eigenvalue weighted by atomic mass is 16.5. The average molecular weight is 289 g/mol. The van der Waals surface area contributed by atoms with Crippen molar-refractivity contribution in [2.75, 3.05) is 46.9 Å². The van der Waals surface area contributed by atoms with E-state index in [0.29, 0.717) is 5.92 Å². The fourth-order valence-electron chi connectivity index (χ4n) is 3.46. The molecule has 0 bridgehead atoms. The topological polar surface area (TPSA) is 35.8 Å². The van der Waals surface area contributed by atoms with Crippen LogP contribution in [0.5, 0.6) is 11.5 Å². The number of ether oxygens (including phenoxy) is 2. The van der Waals surface area contributed by atoms with Crippen LogP contribution in [-0.2, 0) is 0 Å². The molecule has 21 heavy (non-hydrogen) atoms. The lowest BCUT2D eigenvalue weighted by molar-refractivity contribution is 0.145. The second kappa shape index (κ2) is 6.67. The maximum atomic E-state index is 5.40. The van der Waals surface area contributed by atoms with E-state index in [2.05, 4.69) is 22.3 Å². The van der Waals surface area contributed by atoms with E-state index in [1.54, 1.807) is 14.2 Å². The molecule has 4 nitrogen and oxygen atoms in total. The van der Waals surface area contributed by atoms with Gasteiger partial charge in [0.1, 0.15) is 0 Å². The zero-order valence-corrected chi connectivity index (χ0v) is 13.0. The van der Waals surface area contributed by atoms with E-state index in [0.717, 1.165) is 43.6 Å². The van der Waals surface area contributed by atoms with Gasteiger partial charge in [-0.25, -0.2) is 5.32 Å². The van der Waals surface area contributed by atoms with Gasteiger partial charge in [-0.05, 0) is 42.4 Å². The lowest BCUT2D eigenvalue weighted by atomic mass is 9.71. The molecule has 1 saturated heterocycles. The molecule has 0 N–H and O–H groups in total. The Balaban J connectivity index is 1.53. The van der Waals surface area contributed by atoms with E-state index in [-0.39, 0.29) is 0 Å². The van der Waals surface area contributed by atoms with Crippen molar-refractivity contribution in [1.29, 1.82) is 0 Å². The van der Waals surface area contributed by atoms with Gasteiger partial charge >= 0.3 is 0 Å².